The lowest BCUT2D eigenvalue weighted by Crippen LogP contribution is -2.37. The Kier molecular flexibility index (Phi) is 5.26. The molecule has 2 fully saturated rings. The van der Waals surface area contributed by atoms with Crippen molar-refractivity contribution >= 4 is 11.8 Å². The fraction of sp³-hybridized carbons (Fsp3) is 0.474. The van der Waals surface area contributed by atoms with Gasteiger partial charge in [-0.1, -0.05) is 30.3 Å². The molecule has 2 saturated heterocycles. The van der Waals surface area contributed by atoms with Crippen LogP contribution in [0.25, 0.3) is 0 Å². The zero-order valence-electron chi connectivity index (χ0n) is 14.8. The second kappa shape index (κ2) is 7.97. The molecule has 0 unspecified atom stereocenters. The van der Waals surface area contributed by atoms with Crippen molar-refractivity contribution in [3.05, 3.63) is 47.9 Å². The number of likely N-dealkylation sites (tertiary alicyclic amines) is 1. The van der Waals surface area contributed by atoms with Gasteiger partial charge in [0.15, 0.2) is 11.6 Å². The Morgan fingerprint density at radius 2 is 1.96 bits per heavy atom. The van der Waals surface area contributed by atoms with Gasteiger partial charge in [0, 0.05) is 38.8 Å². The molecule has 0 aliphatic carbocycles. The summed E-state index contributed by atoms with van der Waals surface area (Å²) in [6.07, 6.45) is 2.29. The van der Waals surface area contributed by atoms with E-state index >= 15 is 0 Å². The first kappa shape index (κ1) is 17.2. The van der Waals surface area contributed by atoms with E-state index in [1.807, 2.05) is 11.0 Å². The highest BCUT2D eigenvalue weighted by atomic mass is 19.1. The molecule has 0 radical (unpaired) electrons. The van der Waals surface area contributed by atoms with Crippen LogP contribution >= 0.6 is 0 Å². The van der Waals surface area contributed by atoms with Crippen molar-refractivity contribution in [1.29, 1.82) is 0 Å². The van der Waals surface area contributed by atoms with Gasteiger partial charge in [0.1, 0.15) is 0 Å². The SMILES string of the molecule is Fc1cnc(N[C@@H]2CCN(Cc3ccccc3)C2)nc1N1CCOCC1. The summed E-state index contributed by atoms with van der Waals surface area (Å²) in [4.78, 5) is 12.9. The molecule has 138 valence electrons. The Labute approximate surface area is 153 Å². The number of hydrogen-bond acceptors (Lipinski definition) is 6. The van der Waals surface area contributed by atoms with Gasteiger partial charge in [-0.2, -0.15) is 4.98 Å². The molecule has 1 N–H and O–H groups in total. The molecule has 26 heavy (non-hydrogen) atoms. The number of nitrogens with zero attached hydrogens (tertiary/aromatic N) is 4. The molecule has 2 aromatic rings. The van der Waals surface area contributed by atoms with Gasteiger partial charge in [-0.3, -0.25) is 4.90 Å². The highest BCUT2D eigenvalue weighted by Crippen LogP contribution is 2.21. The number of ether oxygens (including phenoxy) is 1. The minimum Gasteiger partial charge on any atom is -0.378 e. The van der Waals surface area contributed by atoms with Crippen molar-refractivity contribution in [3.8, 4) is 0 Å². The first-order chi connectivity index (χ1) is 12.8. The summed E-state index contributed by atoms with van der Waals surface area (Å²) in [6, 6.07) is 10.8. The number of nitrogens with one attached hydrogen (secondary N) is 1. The first-order valence-corrected chi connectivity index (χ1v) is 9.16. The average molecular weight is 357 g/mol. The highest BCUT2D eigenvalue weighted by molar-refractivity contribution is 5.44. The molecule has 3 heterocycles. The Bertz CT molecular complexity index is 723. The van der Waals surface area contributed by atoms with Crippen molar-refractivity contribution < 1.29 is 9.13 Å². The Balaban J connectivity index is 1.37. The number of halogens is 1. The largest absolute Gasteiger partial charge is 0.378 e. The minimum atomic E-state index is -0.380. The van der Waals surface area contributed by atoms with Crippen LogP contribution in [0.5, 0.6) is 0 Å². The van der Waals surface area contributed by atoms with Gasteiger partial charge in [0.2, 0.25) is 5.95 Å². The predicted molar refractivity (Wildman–Crippen MR) is 98.8 cm³/mol. The first-order valence-electron chi connectivity index (χ1n) is 9.16. The monoisotopic (exact) mass is 357 g/mol. The Morgan fingerprint density at radius 1 is 1.15 bits per heavy atom. The number of morpholine rings is 1. The van der Waals surface area contributed by atoms with Gasteiger partial charge in [-0.15, -0.1) is 0 Å². The maximum atomic E-state index is 14.1. The summed E-state index contributed by atoms with van der Waals surface area (Å²) >= 11 is 0. The fourth-order valence-corrected chi connectivity index (χ4v) is 3.54. The number of rotatable bonds is 5. The van der Waals surface area contributed by atoms with E-state index in [1.54, 1.807) is 0 Å². The molecule has 6 nitrogen and oxygen atoms in total. The lowest BCUT2D eigenvalue weighted by molar-refractivity contribution is 0.122. The molecule has 4 rings (SSSR count). The third-order valence-electron chi connectivity index (χ3n) is 4.89. The van der Waals surface area contributed by atoms with E-state index < -0.39 is 0 Å². The molecule has 1 atom stereocenters. The van der Waals surface area contributed by atoms with Crippen LogP contribution in [-0.2, 0) is 11.3 Å². The smallest absolute Gasteiger partial charge is 0.225 e. The van der Waals surface area contributed by atoms with E-state index in [2.05, 4.69) is 44.5 Å². The molecule has 0 bridgehead atoms. The van der Waals surface area contributed by atoms with Crippen LogP contribution in [0.2, 0.25) is 0 Å². The fourth-order valence-electron chi connectivity index (χ4n) is 3.54. The molecule has 0 amide bonds. The van der Waals surface area contributed by atoms with Crippen molar-refractivity contribution in [2.45, 2.75) is 19.0 Å². The Hall–Kier alpha value is -2.25. The minimum absolute atomic E-state index is 0.279. The zero-order valence-corrected chi connectivity index (χ0v) is 14.8. The summed E-state index contributed by atoms with van der Waals surface area (Å²) < 4.78 is 19.5. The second-order valence-electron chi connectivity index (χ2n) is 6.82. The van der Waals surface area contributed by atoms with Crippen LogP contribution in [0, 0.1) is 5.82 Å². The highest BCUT2D eigenvalue weighted by Gasteiger charge is 2.24. The number of benzene rings is 1. The predicted octanol–water partition coefficient (Wildman–Crippen LogP) is 2.14. The topological polar surface area (TPSA) is 53.5 Å². The van der Waals surface area contributed by atoms with Crippen molar-refractivity contribution in [1.82, 2.24) is 14.9 Å². The van der Waals surface area contributed by atoms with Crippen LogP contribution in [0.15, 0.2) is 36.5 Å². The van der Waals surface area contributed by atoms with E-state index in [1.165, 1.54) is 11.8 Å². The summed E-state index contributed by atoms with van der Waals surface area (Å²) in [6.45, 7) is 5.42. The summed E-state index contributed by atoms with van der Waals surface area (Å²) in [5.41, 5.74) is 1.32. The number of anilines is 2. The molecule has 7 heteroatoms. The lowest BCUT2D eigenvalue weighted by Gasteiger charge is -2.28. The second-order valence-corrected chi connectivity index (χ2v) is 6.82. The molecule has 2 aliphatic heterocycles. The van der Waals surface area contributed by atoms with Crippen LogP contribution in [0.4, 0.5) is 16.2 Å². The third kappa shape index (κ3) is 4.11. The van der Waals surface area contributed by atoms with Gasteiger partial charge >= 0.3 is 0 Å². The maximum Gasteiger partial charge on any atom is 0.225 e. The molecule has 1 aromatic carbocycles. The summed E-state index contributed by atoms with van der Waals surface area (Å²) in [5, 5.41) is 3.37. The zero-order chi connectivity index (χ0) is 17.8. The van der Waals surface area contributed by atoms with E-state index in [0.29, 0.717) is 38.1 Å². The van der Waals surface area contributed by atoms with E-state index in [-0.39, 0.29) is 11.9 Å². The lowest BCUT2D eigenvalue weighted by atomic mass is 10.2. The van der Waals surface area contributed by atoms with E-state index in [9.17, 15) is 4.39 Å². The normalized spacial score (nSPS) is 21.1. The quantitative estimate of drug-likeness (QED) is 0.885. The maximum absolute atomic E-state index is 14.1. The third-order valence-corrected chi connectivity index (χ3v) is 4.89. The molecule has 2 aliphatic rings. The van der Waals surface area contributed by atoms with Crippen LogP contribution < -0.4 is 10.2 Å². The van der Waals surface area contributed by atoms with Gasteiger partial charge in [0.05, 0.1) is 19.4 Å². The van der Waals surface area contributed by atoms with E-state index in [0.717, 1.165) is 26.1 Å². The molecule has 1 aromatic heterocycles. The summed E-state index contributed by atoms with van der Waals surface area (Å²) in [7, 11) is 0. The Morgan fingerprint density at radius 3 is 2.77 bits per heavy atom. The summed E-state index contributed by atoms with van der Waals surface area (Å²) in [5.74, 6) is 0.485. The van der Waals surface area contributed by atoms with Crippen molar-refractivity contribution in [3.63, 3.8) is 0 Å². The molecule has 0 spiro atoms. The standard InChI is InChI=1S/C19H24FN5O/c20-17-12-21-19(23-18(17)25-8-10-26-11-9-25)22-16-6-7-24(14-16)13-15-4-2-1-3-5-15/h1-5,12,16H,6-11,13-14H2,(H,21,22,23)/t16-/m1/s1. The van der Waals surface area contributed by atoms with E-state index in [4.69, 9.17) is 4.74 Å². The number of hydrogen-bond donors (Lipinski definition) is 1. The van der Waals surface area contributed by atoms with Gasteiger partial charge in [-0.25, -0.2) is 9.37 Å². The van der Waals surface area contributed by atoms with Crippen LogP contribution in [0.1, 0.15) is 12.0 Å². The van der Waals surface area contributed by atoms with Gasteiger partial charge in [-0.05, 0) is 12.0 Å². The molecular formula is C19H24FN5O. The van der Waals surface area contributed by atoms with Crippen molar-refractivity contribution in [2.75, 3.05) is 49.6 Å². The van der Waals surface area contributed by atoms with Crippen LogP contribution in [-0.4, -0.2) is 60.3 Å². The van der Waals surface area contributed by atoms with Crippen LogP contribution in [0.3, 0.4) is 0 Å². The van der Waals surface area contributed by atoms with Gasteiger partial charge < -0.3 is 15.0 Å². The number of aromatic nitrogens is 2. The molecule has 0 saturated carbocycles. The molecular weight excluding hydrogens is 333 g/mol. The average Bonchev–Trinajstić information content (AvgIpc) is 3.11. The van der Waals surface area contributed by atoms with Crippen molar-refractivity contribution in [2.24, 2.45) is 0 Å². The van der Waals surface area contributed by atoms with Gasteiger partial charge in [0.25, 0.3) is 0 Å².